The Balaban J connectivity index is 2.23. The quantitative estimate of drug-likeness (QED) is 0.436. The lowest BCUT2D eigenvalue weighted by atomic mass is 10.0. The molecule has 0 saturated carbocycles. The van der Waals surface area contributed by atoms with Gasteiger partial charge in [0.15, 0.2) is 0 Å². The Hall–Kier alpha value is -0.250. The summed E-state index contributed by atoms with van der Waals surface area (Å²) in [4.78, 5) is 0. The highest BCUT2D eigenvalue weighted by Crippen LogP contribution is 2.19. The average molecular weight is 332 g/mol. The highest BCUT2D eigenvalue weighted by atomic mass is 127. The van der Waals surface area contributed by atoms with Crippen LogP contribution in [0.3, 0.4) is 0 Å². The van der Waals surface area contributed by atoms with Crippen LogP contribution in [0.2, 0.25) is 0 Å². The molecule has 90 valence electrons. The second-order valence-corrected chi connectivity index (χ2v) is 6.08. The highest BCUT2D eigenvalue weighted by molar-refractivity contribution is 14.1. The van der Waals surface area contributed by atoms with Crippen LogP contribution in [0, 0.1) is 0 Å². The average Bonchev–Trinajstić information content (AvgIpc) is 2.28. The van der Waals surface area contributed by atoms with Gasteiger partial charge in [0.25, 0.3) is 0 Å². The van der Waals surface area contributed by atoms with Crippen molar-refractivity contribution in [2.75, 3.05) is 0 Å². The number of hydrogen-bond donors (Lipinski definition) is 1. The van der Waals surface area contributed by atoms with Crippen molar-refractivity contribution in [3.8, 4) is 5.75 Å². The highest BCUT2D eigenvalue weighted by Gasteiger charge is 2.05. The predicted molar refractivity (Wildman–Crippen MR) is 78.4 cm³/mol. The van der Waals surface area contributed by atoms with Gasteiger partial charge in [0.2, 0.25) is 0 Å². The molecule has 0 bridgehead atoms. The molecular weight excluding hydrogens is 311 g/mol. The van der Waals surface area contributed by atoms with Crippen LogP contribution in [-0.2, 0) is 6.42 Å². The molecule has 0 aliphatic carbocycles. The van der Waals surface area contributed by atoms with Crippen molar-refractivity contribution in [3.63, 3.8) is 0 Å². The summed E-state index contributed by atoms with van der Waals surface area (Å²) in [7, 11) is 0. The van der Waals surface area contributed by atoms with Crippen molar-refractivity contribution in [1.29, 1.82) is 0 Å². The van der Waals surface area contributed by atoms with E-state index in [0.29, 0.717) is 5.75 Å². The van der Waals surface area contributed by atoms with E-state index < -0.39 is 0 Å². The molecule has 16 heavy (non-hydrogen) atoms. The maximum Gasteiger partial charge on any atom is 0.115 e. The minimum absolute atomic E-state index is 0.358. The van der Waals surface area contributed by atoms with E-state index in [-0.39, 0.29) is 0 Å². The number of unbranched alkanes of at least 4 members (excludes halogenated alkanes) is 3. The van der Waals surface area contributed by atoms with Crippen molar-refractivity contribution in [3.05, 3.63) is 29.8 Å². The molecule has 1 N–H and O–H groups in total. The Morgan fingerprint density at radius 2 is 1.81 bits per heavy atom. The predicted octanol–water partition coefficient (Wildman–Crippen LogP) is 4.71. The molecule has 1 aromatic carbocycles. The molecule has 2 heteroatoms. The van der Waals surface area contributed by atoms with Crippen molar-refractivity contribution in [2.45, 2.75) is 49.4 Å². The maximum absolute atomic E-state index is 9.19. The molecule has 0 heterocycles. The van der Waals surface area contributed by atoms with E-state index in [0.717, 1.165) is 10.3 Å². The van der Waals surface area contributed by atoms with Crippen molar-refractivity contribution >= 4 is 22.6 Å². The van der Waals surface area contributed by atoms with Crippen LogP contribution in [-0.4, -0.2) is 9.03 Å². The largest absolute Gasteiger partial charge is 0.508 e. The summed E-state index contributed by atoms with van der Waals surface area (Å²) in [5.41, 5.74) is 1.33. The van der Waals surface area contributed by atoms with Gasteiger partial charge in [-0.1, -0.05) is 67.3 Å². The minimum Gasteiger partial charge on any atom is -0.508 e. The molecule has 0 radical (unpaired) electrons. The van der Waals surface area contributed by atoms with Crippen molar-refractivity contribution in [2.24, 2.45) is 0 Å². The fourth-order valence-corrected chi connectivity index (χ4v) is 2.73. The van der Waals surface area contributed by atoms with E-state index in [1.807, 2.05) is 12.1 Å². The molecule has 0 fully saturated rings. The second-order valence-electron chi connectivity index (χ2n) is 4.32. The monoisotopic (exact) mass is 332 g/mol. The third-order valence-electron chi connectivity index (χ3n) is 2.76. The molecule has 1 unspecified atom stereocenters. The molecule has 1 nitrogen and oxygen atoms in total. The van der Waals surface area contributed by atoms with Gasteiger partial charge in [0.05, 0.1) is 0 Å². The van der Waals surface area contributed by atoms with Crippen LogP contribution < -0.4 is 0 Å². The zero-order valence-corrected chi connectivity index (χ0v) is 12.1. The first-order valence-corrected chi connectivity index (χ1v) is 7.39. The van der Waals surface area contributed by atoms with Crippen LogP contribution in [0.15, 0.2) is 24.3 Å². The van der Waals surface area contributed by atoms with Gasteiger partial charge in [-0.3, -0.25) is 0 Å². The molecule has 1 aromatic rings. The summed E-state index contributed by atoms with van der Waals surface area (Å²) in [6.45, 7) is 2.25. The first-order chi connectivity index (χ1) is 7.72. The number of hydrogen-bond acceptors (Lipinski definition) is 1. The molecule has 0 saturated heterocycles. The van der Waals surface area contributed by atoms with Gasteiger partial charge in [0.1, 0.15) is 5.75 Å². The van der Waals surface area contributed by atoms with Crippen molar-refractivity contribution in [1.82, 2.24) is 0 Å². The molecule has 0 aliphatic heterocycles. The van der Waals surface area contributed by atoms with Gasteiger partial charge >= 0.3 is 0 Å². The van der Waals surface area contributed by atoms with Gasteiger partial charge in [-0.15, -0.1) is 0 Å². The number of rotatable bonds is 7. The van der Waals surface area contributed by atoms with Crippen LogP contribution in [0.1, 0.15) is 44.6 Å². The molecule has 0 spiro atoms. The number of phenolic OH excluding ortho intramolecular Hbond substituents is 1. The standard InChI is InChI=1S/C14H21IO/c1-2-3-4-5-6-13(15)11-12-7-9-14(16)10-8-12/h7-10,13,16H,2-6,11H2,1H3. The molecule has 0 amide bonds. The Labute approximate surface area is 112 Å². The Morgan fingerprint density at radius 1 is 1.12 bits per heavy atom. The smallest absolute Gasteiger partial charge is 0.115 e. The number of benzene rings is 1. The van der Waals surface area contributed by atoms with Crippen LogP contribution in [0.4, 0.5) is 0 Å². The second kappa shape index (κ2) is 7.93. The van der Waals surface area contributed by atoms with E-state index in [2.05, 4.69) is 29.5 Å². The molecule has 1 rings (SSSR count). The van der Waals surface area contributed by atoms with Gasteiger partial charge < -0.3 is 5.11 Å². The zero-order chi connectivity index (χ0) is 11.8. The number of phenols is 1. The molecule has 0 aliphatic rings. The Kier molecular flexibility index (Phi) is 6.85. The Bertz CT molecular complexity index is 281. The summed E-state index contributed by atoms with van der Waals surface area (Å²) in [5, 5.41) is 9.19. The van der Waals surface area contributed by atoms with Crippen molar-refractivity contribution < 1.29 is 5.11 Å². The fourth-order valence-electron chi connectivity index (χ4n) is 1.78. The van der Waals surface area contributed by atoms with E-state index >= 15 is 0 Å². The summed E-state index contributed by atoms with van der Waals surface area (Å²) in [5.74, 6) is 0.358. The Morgan fingerprint density at radius 3 is 2.44 bits per heavy atom. The van der Waals surface area contributed by atoms with E-state index in [9.17, 15) is 5.11 Å². The number of aromatic hydroxyl groups is 1. The van der Waals surface area contributed by atoms with Gasteiger partial charge in [-0.25, -0.2) is 0 Å². The lowest BCUT2D eigenvalue weighted by Crippen LogP contribution is -2.02. The van der Waals surface area contributed by atoms with Gasteiger partial charge in [-0.05, 0) is 30.5 Å². The van der Waals surface area contributed by atoms with Crippen LogP contribution in [0.5, 0.6) is 5.75 Å². The minimum atomic E-state index is 0.358. The topological polar surface area (TPSA) is 20.2 Å². The van der Waals surface area contributed by atoms with Crippen LogP contribution >= 0.6 is 22.6 Å². The number of halogens is 1. The van der Waals surface area contributed by atoms with E-state index in [4.69, 9.17) is 0 Å². The first kappa shape index (κ1) is 13.8. The van der Waals surface area contributed by atoms with E-state index in [1.54, 1.807) is 12.1 Å². The SMILES string of the molecule is CCCCCCC(I)Cc1ccc(O)cc1. The summed E-state index contributed by atoms with van der Waals surface area (Å²) >= 11 is 2.54. The van der Waals surface area contributed by atoms with E-state index in [1.165, 1.54) is 37.7 Å². The summed E-state index contributed by atoms with van der Waals surface area (Å²) in [6, 6.07) is 7.59. The lowest BCUT2D eigenvalue weighted by molar-refractivity contribution is 0.475. The lowest BCUT2D eigenvalue weighted by Gasteiger charge is -2.09. The molecule has 1 atom stereocenters. The summed E-state index contributed by atoms with van der Waals surface area (Å²) in [6.07, 6.45) is 7.81. The zero-order valence-electron chi connectivity index (χ0n) is 9.95. The molecular formula is C14H21IO. The van der Waals surface area contributed by atoms with Gasteiger partial charge in [-0.2, -0.15) is 0 Å². The molecule has 0 aromatic heterocycles. The normalized spacial score (nSPS) is 12.6. The number of alkyl halides is 1. The van der Waals surface area contributed by atoms with Gasteiger partial charge in [0, 0.05) is 3.92 Å². The maximum atomic E-state index is 9.19. The third kappa shape index (κ3) is 5.73. The third-order valence-corrected chi connectivity index (χ3v) is 3.83. The fraction of sp³-hybridized carbons (Fsp3) is 0.571. The first-order valence-electron chi connectivity index (χ1n) is 6.14. The summed E-state index contributed by atoms with van der Waals surface area (Å²) < 4.78 is 0.721. The van der Waals surface area contributed by atoms with Crippen LogP contribution in [0.25, 0.3) is 0 Å².